The average molecular weight is 504 g/mol. The van der Waals surface area contributed by atoms with Crippen molar-refractivity contribution < 1.29 is 28.2 Å². The molecule has 1 aromatic heterocycles. The zero-order valence-corrected chi connectivity index (χ0v) is 21.1. The molecule has 2 N–H and O–H groups in total. The SMILES string of the molecule is CCC(O)COc1ccc(C(=O)NCC(C)C)cc1-c1ccc2oc(-c3ccc(F)cc3)c(C=O)c2c1. The van der Waals surface area contributed by atoms with E-state index < -0.39 is 6.10 Å². The van der Waals surface area contributed by atoms with Crippen LogP contribution in [0.1, 0.15) is 47.9 Å². The molecule has 0 spiro atoms. The first-order valence-electron chi connectivity index (χ1n) is 12.3. The van der Waals surface area contributed by atoms with E-state index in [1.165, 1.54) is 12.1 Å². The van der Waals surface area contributed by atoms with Crippen molar-refractivity contribution in [2.45, 2.75) is 33.3 Å². The third-order valence-corrected chi connectivity index (χ3v) is 6.08. The van der Waals surface area contributed by atoms with Crippen LogP contribution in [0.4, 0.5) is 4.39 Å². The van der Waals surface area contributed by atoms with E-state index in [-0.39, 0.29) is 18.3 Å². The molecule has 0 aliphatic carbocycles. The van der Waals surface area contributed by atoms with Gasteiger partial charge in [-0.15, -0.1) is 0 Å². The fraction of sp³-hybridized carbons (Fsp3) is 0.267. The van der Waals surface area contributed by atoms with E-state index in [4.69, 9.17) is 9.15 Å². The van der Waals surface area contributed by atoms with Crippen LogP contribution in [0.3, 0.4) is 0 Å². The number of hydrogen-bond donors (Lipinski definition) is 2. The van der Waals surface area contributed by atoms with Crippen molar-refractivity contribution in [3.8, 4) is 28.2 Å². The topological polar surface area (TPSA) is 88.8 Å². The van der Waals surface area contributed by atoms with E-state index >= 15 is 0 Å². The molecule has 4 aromatic rings. The van der Waals surface area contributed by atoms with Gasteiger partial charge in [0, 0.05) is 28.6 Å². The van der Waals surface area contributed by atoms with Crippen LogP contribution >= 0.6 is 0 Å². The molecule has 6 nitrogen and oxygen atoms in total. The number of halogens is 1. The van der Waals surface area contributed by atoms with Crippen LogP contribution in [0.15, 0.2) is 65.1 Å². The Bertz CT molecular complexity index is 1410. The first-order chi connectivity index (χ1) is 17.8. The van der Waals surface area contributed by atoms with Crippen LogP contribution in [0, 0.1) is 11.7 Å². The summed E-state index contributed by atoms with van der Waals surface area (Å²) in [7, 11) is 0. The van der Waals surface area contributed by atoms with Gasteiger partial charge in [-0.05, 0) is 72.5 Å². The molecule has 7 heteroatoms. The number of amides is 1. The monoisotopic (exact) mass is 503 g/mol. The second-order valence-corrected chi connectivity index (χ2v) is 9.37. The number of ether oxygens (including phenoxy) is 1. The molecule has 37 heavy (non-hydrogen) atoms. The van der Waals surface area contributed by atoms with Gasteiger partial charge in [0.2, 0.25) is 0 Å². The van der Waals surface area contributed by atoms with E-state index in [0.29, 0.717) is 69.2 Å². The third kappa shape index (κ3) is 5.89. The van der Waals surface area contributed by atoms with Crippen LogP contribution in [-0.2, 0) is 0 Å². The summed E-state index contributed by atoms with van der Waals surface area (Å²) in [6.07, 6.45) is 0.637. The van der Waals surface area contributed by atoms with Gasteiger partial charge in [-0.25, -0.2) is 4.39 Å². The number of hydrogen-bond acceptors (Lipinski definition) is 5. The number of nitrogens with one attached hydrogen (secondary N) is 1. The Morgan fingerprint density at radius 2 is 1.81 bits per heavy atom. The number of benzene rings is 3. The van der Waals surface area contributed by atoms with Crippen LogP contribution in [0.25, 0.3) is 33.4 Å². The van der Waals surface area contributed by atoms with E-state index in [1.807, 2.05) is 32.9 Å². The fourth-order valence-electron chi connectivity index (χ4n) is 3.94. The highest BCUT2D eigenvalue weighted by atomic mass is 19.1. The lowest BCUT2D eigenvalue weighted by Crippen LogP contribution is -2.27. The maximum Gasteiger partial charge on any atom is 0.251 e. The smallest absolute Gasteiger partial charge is 0.251 e. The van der Waals surface area contributed by atoms with Gasteiger partial charge >= 0.3 is 0 Å². The highest BCUT2D eigenvalue weighted by Gasteiger charge is 2.19. The Labute approximate surface area is 215 Å². The molecule has 4 rings (SSSR count). The second-order valence-electron chi connectivity index (χ2n) is 9.37. The van der Waals surface area contributed by atoms with Gasteiger partial charge < -0.3 is 19.6 Å². The molecule has 0 saturated heterocycles. The minimum absolute atomic E-state index is 0.102. The molecule has 0 aliphatic rings. The first-order valence-corrected chi connectivity index (χ1v) is 12.3. The lowest BCUT2D eigenvalue weighted by molar-refractivity contribution is 0.0947. The lowest BCUT2D eigenvalue weighted by Gasteiger charge is -2.16. The minimum atomic E-state index is -0.627. The lowest BCUT2D eigenvalue weighted by atomic mass is 9.98. The van der Waals surface area contributed by atoms with Gasteiger partial charge in [0.1, 0.15) is 29.5 Å². The van der Waals surface area contributed by atoms with E-state index in [0.717, 1.165) is 6.29 Å². The molecule has 0 bridgehead atoms. The van der Waals surface area contributed by atoms with Crippen molar-refractivity contribution in [1.29, 1.82) is 0 Å². The molecular weight excluding hydrogens is 473 g/mol. The van der Waals surface area contributed by atoms with Gasteiger partial charge in [0.05, 0.1) is 11.7 Å². The number of fused-ring (bicyclic) bond motifs is 1. The zero-order chi connectivity index (χ0) is 26.5. The van der Waals surface area contributed by atoms with E-state index in [1.54, 1.807) is 36.4 Å². The van der Waals surface area contributed by atoms with Crippen molar-refractivity contribution in [3.05, 3.63) is 77.6 Å². The maximum atomic E-state index is 13.4. The van der Waals surface area contributed by atoms with Gasteiger partial charge in [0.25, 0.3) is 5.91 Å². The van der Waals surface area contributed by atoms with Gasteiger partial charge in [0.15, 0.2) is 6.29 Å². The van der Waals surface area contributed by atoms with Crippen molar-refractivity contribution in [3.63, 3.8) is 0 Å². The minimum Gasteiger partial charge on any atom is -0.490 e. The summed E-state index contributed by atoms with van der Waals surface area (Å²) in [4.78, 5) is 24.9. The van der Waals surface area contributed by atoms with Gasteiger partial charge in [-0.2, -0.15) is 0 Å². The molecule has 1 unspecified atom stereocenters. The number of aldehydes is 1. The molecule has 0 saturated carbocycles. The number of furan rings is 1. The summed E-state index contributed by atoms with van der Waals surface area (Å²) in [6.45, 7) is 6.55. The van der Waals surface area contributed by atoms with Crippen molar-refractivity contribution in [2.75, 3.05) is 13.2 Å². The summed E-state index contributed by atoms with van der Waals surface area (Å²) in [5.41, 5.74) is 3.25. The molecule has 0 fully saturated rings. The Kier molecular flexibility index (Phi) is 8.04. The standard InChI is InChI=1S/C30H30FNO5/c1-4-23(34)17-36-27-11-8-21(30(35)32-15-18(2)3)14-24(27)20-7-12-28-25(13-20)26(16-33)29(37-28)19-5-9-22(31)10-6-19/h5-14,16,18,23,34H,4,15,17H2,1-3H3,(H,32,35). The summed E-state index contributed by atoms with van der Waals surface area (Å²) in [6, 6.07) is 16.3. The Morgan fingerprint density at radius 1 is 1.08 bits per heavy atom. The van der Waals surface area contributed by atoms with Crippen molar-refractivity contribution >= 4 is 23.2 Å². The normalized spacial score (nSPS) is 12.1. The largest absolute Gasteiger partial charge is 0.490 e. The Hall–Kier alpha value is -3.97. The second kappa shape index (κ2) is 11.4. The Balaban J connectivity index is 1.79. The molecule has 1 atom stereocenters. The van der Waals surface area contributed by atoms with Crippen LogP contribution in [-0.4, -0.2) is 36.6 Å². The number of carbonyl (C=O) groups is 2. The van der Waals surface area contributed by atoms with Gasteiger partial charge in [-0.3, -0.25) is 9.59 Å². The third-order valence-electron chi connectivity index (χ3n) is 6.08. The quantitative estimate of drug-likeness (QED) is 0.250. The zero-order valence-electron chi connectivity index (χ0n) is 21.1. The molecule has 0 radical (unpaired) electrons. The highest BCUT2D eigenvalue weighted by molar-refractivity contribution is 6.04. The van der Waals surface area contributed by atoms with Crippen LogP contribution in [0.5, 0.6) is 5.75 Å². The van der Waals surface area contributed by atoms with Gasteiger partial charge in [-0.1, -0.05) is 26.8 Å². The van der Waals surface area contributed by atoms with Crippen LogP contribution in [0.2, 0.25) is 0 Å². The molecule has 3 aromatic carbocycles. The predicted molar refractivity (Wildman–Crippen MR) is 141 cm³/mol. The highest BCUT2D eigenvalue weighted by Crippen LogP contribution is 2.38. The fourth-order valence-corrected chi connectivity index (χ4v) is 3.94. The van der Waals surface area contributed by atoms with Crippen LogP contribution < -0.4 is 10.1 Å². The predicted octanol–water partition coefficient (Wildman–Crippen LogP) is 6.25. The molecule has 192 valence electrons. The molecule has 1 amide bonds. The molecule has 0 aliphatic heterocycles. The van der Waals surface area contributed by atoms with E-state index in [9.17, 15) is 19.1 Å². The summed E-state index contributed by atoms with van der Waals surface area (Å²) in [5.74, 6) is 0.579. The summed E-state index contributed by atoms with van der Waals surface area (Å²) in [5, 5.41) is 13.5. The number of aliphatic hydroxyl groups excluding tert-OH is 1. The number of carbonyl (C=O) groups excluding carboxylic acids is 2. The number of aliphatic hydroxyl groups is 1. The maximum absolute atomic E-state index is 13.4. The summed E-state index contributed by atoms with van der Waals surface area (Å²) < 4.78 is 25.3. The van der Waals surface area contributed by atoms with Crippen molar-refractivity contribution in [1.82, 2.24) is 5.32 Å². The summed E-state index contributed by atoms with van der Waals surface area (Å²) >= 11 is 0. The first kappa shape index (κ1) is 26.1. The molecular formula is C30H30FNO5. The van der Waals surface area contributed by atoms with E-state index in [2.05, 4.69) is 5.32 Å². The number of rotatable bonds is 10. The van der Waals surface area contributed by atoms with Crippen molar-refractivity contribution in [2.24, 2.45) is 5.92 Å². The Morgan fingerprint density at radius 3 is 2.49 bits per heavy atom. The molecule has 1 heterocycles. The average Bonchev–Trinajstić information content (AvgIpc) is 3.28.